The Balaban J connectivity index is 3.06. The third kappa shape index (κ3) is 3.44. The van der Waals surface area contributed by atoms with Gasteiger partial charge in [-0.1, -0.05) is 13.0 Å². The molecule has 0 unspecified atom stereocenters. The fourth-order valence-corrected chi connectivity index (χ4v) is 3.17. The summed E-state index contributed by atoms with van der Waals surface area (Å²) in [6.45, 7) is 4.71. The Labute approximate surface area is 108 Å². The van der Waals surface area contributed by atoms with Crippen molar-refractivity contribution in [3.63, 3.8) is 0 Å². The molecule has 5 nitrogen and oxygen atoms in total. The van der Waals surface area contributed by atoms with Crippen molar-refractivity contribution in [2.45, 2.75) is 18.7 Å². The van der Waals surface area contributed by atoms with Crippen molar-refractivity contribution in [3.05, 3.63) is 24.3 Å². The van der Waals surface area contributed by atoms with Gasteiger partial charge < -0.3 is 10.4 Å². The molecule has 0 saturated heterocycles. The molecule has 0 aliphatic carbocycles. The van der Waals surface area contributed by atoms with Crippen molar-refractivity contribution >= 4 is 15.7 Å². The van der Waals surface area contributed by atoms with Gasteiger partial charge in [-0.15, -0.1) is 0 Å². The van der Waals surface area contributed by atoms with Crippen molar-refractivity contribution in [1.82, 2.24) is 4.31 Å². The van der Waals surface area contributed by atoms with Gasteiger partial charge in [0.05, 0.1) is 11.5 Å². The van der Waals surface area contributed by atoms with Crippen LogP contribution in [0.4, 0.5) is 5.69 Å². The lowest BCUT2D eigenvalue weighted by Crippen LogP contribution is -2.33. The fraction of sp³-hybridized carbons (Fsp3) is 0.500. The number of benzene rings is 1. The summed E-state index contributed by atoms with van der Waals surface area (Å²) in [6, 6.07) is 6.71. The van der Waals surface area contributed by atoms with Crippen molar-refractivity contribution in [2.24, 2.45) is 0 Å². The van der Waals surface area contributed by atoms with Crippen LogP contribution in [0.2, 0.25) is 0 Å². The van der Waals surface area contributed by atoms with E-state index in [-0.39, 0.29) is 18.0 Å². The SMILES string of the molecule is CCNc1cccc(S(=O)(=O)N(CC)CCO)c1. The van der Waals surface area contributed by atoms with Crippen molar-refractivity contribution in [3.8, 4) is 0 Å². The van der Waals surface area contributed by atoms with E-state index in [9.17, 15) is 8.42 Å². The standard InChI is InChI=1S/C12H20N2O3S/c1-3-13-11-6-5-7-12(10-11)18(16,17)14(4-2)8-9-15/h5-7,10,13,15H,3-4,8-9H2,1-2H3. The number of aliphatic hydroxyl groups excluding tert-OH is 1. The highest BCUT2D eigenvalue weighted by Gasteiger charge is 2.22. The van der Waals surface area contributed by atoms with Crippen molar-refractivity contribution in [2.75, 3.05) is 31.6 Å². The topological polar surface area (TPSA) is 69.6 Å². The maximum atomic E-state index is 12.3. The number of anilines is 1. The Hall–Kier alpha value is -1.11. The maximum Gasteiger partial charge on any atom is 0.243 e. The second-order valence-corrected chi connectivity index (χ2v) is 5.72. The molecular weight excluding hydrogens is 252 g/mol. The number of hydrogen-bond donors (Lipinski definition) is 2. The van der Waals surface area contributed by atoms with E-state index in [2.05, 4.69) is 5.32 Å². The van der Waals surface area contributed by atoms with Gasteiger partial charge in [0.25, 0.3) is 0 Å². The molecule has 0 saturated carbocycles. The first kappa shape index (κ1) is 14.9. The minimum atomic E-state index is -3.52. The number of aliphatic hydroxyl groups is 1. The number of nitrogens with zero attached hydrogens (tertiary/aromatic N) is 1. The van der Waals surface area contributed by atoms with Gasteiger partial charge in [0.1, 0.15) is 0 Å². The van der Waals surface area contributed by atoms with Crippen LogP contribution in [0.1, 0.15) is 13.8 Å². The summed E-state index contributed by atoms with van der Waals surface area (Å²) in [5.74, 6) is 0. The lowest BCUT2D eigenvalue weighted by Gasteiger charge is -2.19. The Morgan fingerprint density at radius 2 is 2.06 bits per heavy atom. The van der Waals surface area contributed by atoms with E-state index < -0.39 is 10.0 Å². The molecule has 1 aromatic carbocycles. The zero-order chi connectivity index (χ0) is 13.6. The van der Waals surface area contributed by atoms with Gasteiger partial charge in [-0.2, -0.15) is 4.31 Å². The molecule has 0 bridgehead atoms. The lowest BCUT2D eigenvalue weighted by atomic mass is 10.3. The van der Waals surface area contributed by atoms with Gasteiger partial charge in [0, 0.05) is 25.3 Å². The first-order valence-corrected chi connectivity index (χ1v) is 7.45. The molecule has 0 fully saturated rings. The highest BCUT2D eigenvalue weighted by atomic mass is 32.2. The predicted octanol–water partition coefficient (Wildman–Crippen LogP) is 1.12. The van der Waals surface area contributed by atoms with Crippen LogP contribution in [0.3, 0.4) is 0 Å². The Bertz CT molecular complexity index is 474. The van der Waals surface area contributed by atoms with Crippen LogP contribution in [0, 0.1) is 0 Å². The number of sulfonamides is 1. The van der Waals surface area contributed by atoms with Crippen LogP contribution < -0.4 is 5.32 Å². The Morgan fingerprint density at radius 3 is 2.61 bits per heavy atom. The van der Waals surface area contributed by atoms with Gasteiger partial charge in [0.2, 0.25) is 10.0 Å². The van der Waals surface area contributed by atoms with Gasteiger partial charge >= 0.3 is 0 Å². The summed E-state index contributed by atoms with van der Waals surface area (Å²) in [4.78, 5) is 0.247. The largest absolute Gasteiger partial charge is 0.395 e. The predicted molar refractivity (Wildman–Crippen MR) is 72.1 cm³/mol. The van der Waals surface area contributed by atoms with Crippen LogP contribution in [-0.4, -0.2) is 44.1 Å². The molecule has 1 aromatic rings. The molecule has 0 aliphatic heterocycles. The van der Waals surface area contributed by atoms with E-state index in [0.717, 1.165) is 12.2 Å². The molecule has 0 aliphatic rings. The average molecular weight is 272 g/mol. The molecule has 102 valence electrons. The van der Waals surface area contributed by atoms with Gasteiger partial charge in [-0.25, -0.2) is 8.42 Å². The van der Waals surface area contributed by atoms with Gasteiger partial charge in [0.15, 0.2) is 0 Å². The Kier molecular flexibility index (Phi) is 5.58. The normalized spacial score (nSPS) is 11.8. The number of hydrogen-bond acceptors (Lipinski definition) is 4. The van der Waals surface area contributed by atoms with E-state index >= 15 is 0 Å². The first-order chi connectivity index (χ1) is 8.56. The highest BCUT2D eigenvalue weighted by molar-refractivity contribution is 7.89. The van der Waals surface area contributed by atoms with Crippen LogP contribution in [0.15, 0.2) is 29.2 Å². The molecule has 0 atom stereocenters. The highest BCUT2D eigenvalue weighted by Crippen LogP contribution is 2.19. The van der Waals surface area contributed by atoms with Gasteiger partial charge in [-0.05, 0) is 25.1 Å². The molecule has 18 heavy (non-hydrogen) atoms. The summed E-state index contributed by atoms with van der Waals surface area (Å²) in [5, 5.41) is 12.0. The van der Waals surface area contributed by atoms with Crippen LogP contribution in [0.25, 0.3) is 0 Å². The molecule has 0 heterocycles. The lowest BCUT2D eigenvalue weighted by molar-refractivity contribution is 0.257. The molecule has 0 amide bonds. The summed E-state index contributed by atoms with van der Waals surface area (Å²) in [7, 11) is -3.52. The van der Waals surface area contributed by atoms with Gasteiger partial charge in [-0.3, -0.25) is 0 Å². The van der Waals surface area contributed by atoms with E-state index in [1.807, 2.05) is 13.0 Å². The molecule has 2 N–H and O–H groups in total. The second kappa shape index (κ2) is 6.72. The van der Waals surface area contributed by atoms with Crippen molar-refractivity contribution in [1.29, 1.82) is 0 Å². The monoisotopic (exact) mass is 272 g/mol. The quantitative estimate of drug-likeness (QED) is 0.780. The summed E-state index contributed by atoms with van der Waals surface area (Å²) >= 11 is 0. The maximum absolute atomic E-state index is 12.3. The number of nitrogens with one attached hydrogen (secondary N) is 1. The van der Waals surface area contributed by atoms with E-state index in [4.69, 9.17) is 5.11 Å². The molecular formula is C12H20N2O3S. The zero-order valence-electron chi connectivity index (χ0n) is 10.8. The Morgan fingerprint density at radius 1 is 1.33 bits per heavy atom. The number of rotatable bonds is 7. The molecule has 0 spiro atoms. The minimum Gasteiger partial charge on any atom is -0.395 e. The molecule has 0 aromatic heterocycles. The smallest absolute Gasteiger partial charge is 0.243 e. The molecule has 6 heteroatoms. The summed E-state index contributed by atoms with van der Waals surface area (Å²) in [5.41, 5.74) is 0.777. The number of likely N-dealkylation sites (N-methyl/N-ethyl adjacent to an activating group) is 1. The minimum absolute atomic E-state index is 0.115. The average Bonchev–Trinajstić information content (AvgIpc) is 2.36. The van der Waals surface area contributed by atoms with Crippen LogP contribution in [0.5, 0.6) is 0 Å². The van der Waals surface area contributed by atoms with Crippen molar-refractivity contribution < 1.29 is 13.5 Å². The summed E-state index contributed by atoms with van der Waals surface area (Å²) < 4.78 is 25.9. The summed E-state index contributed by atoms with van der Waals surface area (Å²) in [6.07, 6.45) is 0. The van der Waals surface area contributed by atoms with E-state index in [0.29, 0.717) is 6.54 Å². The second-order valence-electron chi connectivity index (χ2n) is 3.78. The van der Waals surface area contributed by atoms with E-state index in [1.165, 1.54) is 4.31 Å². The molecule has 0 radical (unpaired) electrons. The fourth-order valence-electron chi connectivity index (χ4n) is 1.68. The third-order valence-electron chi connectivity index (χ3n) is 2.55. The van der Waals surface area contributed by atoms with Crippen LogP contribution >= 0.6 is 0 Å². The molecule has 1 rings (SSSR count). The zero-order valence-corrected chi connectivity index (χ0v) is 11.6. The van der Waals surface area contributed by atoms with Crippen LogP contribution in [-0.2, 0) is 10.0 Å². The van der Waals surface area contributed by atoms with E-state index in [1.54, 1.807) is 25.1 Å². The first-order valence-electron chi connectivity index (χ1n) is 6.01. The third-order valence-corrected chi connectivity index (χ3v) is 4.53.